The summed E-state index contributed by atoms with van der Waals surface area (Å²) < 4.78 is 16.9. The molecule has 136 valence electrons. The lowest BCUT2D eigenvalue weighted by molar-refractivity contribution is -0.221. The standard InChI is InChI=1S/C17H28N2O5/c20-13-8-12-7-10-2-1-3-11(6-10)9-22-4-5-23-17-18-15(21)14(12)16(19-17)24-13/h10-16,20-21H,1-9H2,(H,18,19). The molecular weight excluding hydrogens is 312 g/mol. The van der Waals surface area contributed by atoms with E-state index < -0.39 is 18.7 Å². The minimum absolute atomic E-state index is 0.139. The van der Waals surface area contributed by atoms with E-state index in [0.717, 1.165) is 13.0 Å². The largest absolute Gasteiger partial charge is 0.463 e. The summed E-state index contributed by atoms with van der Waals surface area (Å²) in [4.78, 5) is 4.42. The summed E-state index contributed by atoms with van der Waals surface area (Å²) in [7, 11) is 0. The minimum atomic E-state index is -0.817. The average Bonchev–Trinajstić information content (AvgIpc) is 2.53. The van der Waals surface area contributed by atoms with Gasteiger partial charge in [-0.2, -0.15) is 0 Å². The Labute approximate surface area is 142 Å². The van der Waals surface area contributed by atoms with Gasteiger partial charge in [-0.25, -0.2) is 4.99 Å². The van der Waals surface area contributed by atoms with Gasteiger partial charge in [0.2, 0.25) is 0 Å². The summed E-state index contributed by atoms with van der Waals surface area (Å²) in [5.41, 5.74) is 0. The Kier molecular flexibility index (Phi) is 4.94. The van der Waals surface area contributed by atoms with Crippen LogP contribution in [0.25, 0.3) is 0 Å². The molecule has 1 aliphatic carbocycles. The van der Waals surface area contributed by atoms with Crippen LogP contribution in [0, 0.1) is 23.7 Å². The lowest BCUT2D eigenvalue weighted by Gasteiger charge is -2.45. The van der Waals surface area contributed by atoms with Crippen molar-refractivity contribution < 1.29 is 24.4 Å². The quantitative estimate of drug-likeness (QED) is 0.604. The lowest BCUT2D eigenvalue weighted by Crippen LogP contribution is -2.57. The summed E-state index contributed by atoms with van der Waals surface area (Å²) in [5, 5.41) is 23.6. The Hall–Kier alpha value is -0.890. The van der Waals surface area contributed by atoms with Gasteiger partial charge in [0, 0.05) is 13.0 Å². The first-order valence-electron chi connectivity index (χ1n) is 9.25. The van der Waals surface area contributed by atoms with Gasteiger partial charge >= 0.3 is 0 Å². The van der Waals surface area contributed by atoms with Gasteiger partial charge in [0.15, 0.2) is 12.5 Å². The zero-order valence-electron chi connectivity index (χ0n) is 14.0. The topological polar surface area (TPSA) is 92.5 Å². The van der Waals surface area contributed by atoms with E-state index in [0.29, 0.717) is 31.5 Å². The Morgan fingerprint density at radius 1 is 1.04 bits per heavy atom. The van der Waals surface area contributed by atoms with Gasteiger partial charge in [0.25, 0.3) is 6.02 Å². The van der Waals surface area contributed by atoms with Gasteiger partial charge in [-0.15, -0.1) is 0 Å². The third-order valence-electron chi connectivity index (χ3n) is 5.90. The van der Waals surface area contributed by atoms with Crippen molar-refractivity contribution in [3.63, 3.8) is 0 Å². The molecule has 5 aliphatic rings. The number of nitrogens with one attached hydrogen (secondary N) is 1. The van der Waals surface area contributed by atoms with Crippen molar-refractivity contribution in [3.8, 4) is 0 Å². The Morgan fingerprint density at radius 3 is 2.83 bits per heavy atom. The number of ether oxygens (including phenoxy) is 3. The molecule has 3 fully saturated rings. The monoisotopic (exact) mass is 340 g/mol. The second-order valence-electron chi connectivity index (χ2n) is 7.64. The summed E-state index contributed by atoms with van der Waals surface area (Å²) in [5.74, 6) is 1.30. The van der Waals surface area contributed by atoms with Crippen molar-refractivity contribution in [3.05, 3.63) is 0 Å². The maximum Gasteiger partial charge on any atom is 0.289 e. The van der Waals surface area contributed by atoms with E-state index in [1.54, 1.807) is 0 Å². The van der Waals surface area contributed by atoms with Crippen molar-refractivity contribution in [1.29, 1.82) is 0 Å². The number of nitrogens with zero attached hydrogens (tertiary/aromatic N) is 1. The number of amidine groups is 1. The number of rotatable bonds is 0. The van der Waals surface area contributed by atoms with Crippen LogP contribution in [0.3, 0.4) is 0 Å². The fraction of sp³-hybridized carbons (Fsp3) is 0.941. The smallest absolute Gasteiger partial charge is 0.289 e. The molecule has 5 rings (SSSR count). The molecule has 4 heterocycles. The highest BCUT2D eigenvalue weighted by molar-refractivity contribution is 5.74. The second kappa shape index (κ2) is 7.15. The van der Waals surface area contributed by atoms with Crippen LogP contribution in [0.5, 0.6) is 0 Å². The number of hydrogen-bond donors (Lipinski definition) is 3. The van der Waals surface area contributed by atoms with Crippen LogP contribution >= 0.6 is 0 Å². The fourth-order valence-electron chi connectivity index (χ4n) is 4.84. The summed E-state index contributed by atoms with van der Waals surface area (Å²) in [6.45, 7) is 1.70. The van der Waals surface area contributed by atoms with Crippen molar-refractivity contribution in [2.24, 2.45) is 28.7 Å². The van der Waals surface area contributed by atoms with Crippen molar-refractivity contribution in [1.82, 2.24) is 5.32 Å². The fourth-order valence-corrected chi connectivity index (χ4v) is 4.84. The highest BCUT2D eigenvalue weighted by Crippen LogP contribution is 2.42. The van der Waals surface area contributed by atoms with Gasteiger partial charge in [-0.3, -0.25) is 0 Å². The summed E-state index contributed by atoms with van der Waals surface area (Å²) >= 11 is 0. The van der Waals surface area contributed by atoms with Gasteiger partial charge in [0.1, 0.15) is 12.8 Å². The predicted molar refractivity (Wildman–Crippen MR) is 85.9 cm³/mol. The Bertz CT molecular complexity index is 474. The third-order valence-corrected chi connectivity index (χ3v) is 5.90. The molecule has 6 bridgehead atoms. The lowest BCUT2D eigenvalue weighted by atomic mass is 9.72. The molecule has 0 radical (unpaired) electrons. The third kappa shape index (κ3) is 3.54. The molecular formula is C17H28N2O5. The van der Waals surface area contributed by atoms with Crippen LogP contribution in [0.15, 0.2) is 4.99 Å². The molecule has 0 aromatic carbocycles. The average molecular weight is 340 g/mol. The first-order chi connectivity index (χ1) is 11.7. The Morgan fingerprint density at radius 2 is 1.92 bits per heavy atom. The number of hydrogen-bond acceptors (Lipinski definition) is 7. The summed E-state index contributed by atoms with van der Waals surface area (Å²) in [6, 6.07) is 0.275. The van der Waals surface area contributed by atoms with E-state index in [2.05, 4.69) is 10.3 Å². The zero-order chi connectivity index (χ0) is 16.5. The molecule has 7 nitrogen and oxygen atoms in total. The van der Waals surface area contributed by atoms with Crippen molar-refractivity contribution in [2.45, 2.75) is 57.3 Å². The normalized spacial score (nSPS) is 46.2. The number of aliphatic imine (C=N–C) groups is 1. The first-order valence-corrected chi connectivity index (χ1v) is 9.25. The zero-order valence-corrected chi connectivity index (χ0v) is 14.0. The minimum Gasteiger partial charge on any atom is -0.463 e. The molecule has 1 saturated carbocycles. The summed E-state index contributed by atoms with van der Waals surface area (Å²) in [6.07, 6.45) is 4.30. The van der Waals surface area contributed by atoms with E-state index in [4.69, 9.17) is 14.2 Å². The maximum atomic E-state index is 10.6. The van der Waals surface area contributed by atoms with Crippen molar-refractivity contribution in [2.75, 3.05) is 19.8 Å². The number of fused-ring (bicyclic) bond motifs is 5. The molecule has 0 spiro atoms. The van der Waals surface area contributed by atoms with Crippen molar-refractivity contribution >= 4 is 6.02 Å². The molecule has 3 N–H and O–H groups in total. The Balaban J connectivity index is 1.57. The van der Waals surface area contributed by atoms with Gasteiger partial charge in [-0.1, -0.05) is 12.8 Å². The van der Waals surface area contributed by atoms with Crippen LogP contribution in [0.1, 0.15) is 38.5 Å². The molecule has 7 unspecified atom stereocenters. The first kappa shape index (κ1) is 16.6. The molecule has 24 heavy (non-hydrogen) atoms. The van der Waals surface area contributed by atoms with E-state index in [1.807, 2.05) is 0 Å². The predicted octanol–water partition coefficient (Wildman–Crippen LogP) is 0.804. The number of aliphatic hydroxyl groups excluding tert-OH is 2. The molecule has 2 saturated heterocycles. The van der Waals surface area contributed by atoms with Crippen LogP contribution in [-0.4, -0.2) is 54.8 Å². The maximum absolute atomic E-state index is 10.6. The van der Waals surface area contributed by atoms with E-state index in [-0.39, 0.29) is 17.9 Å². The SMILES string of the molecule is OC1CC2CC3CCCC(COCCOC4=NC(O1)C2C(O)N4)C3. The van der Waals surface area contributed by atoms with Crippen LogP contribution < -0.4 is 5.32 Å². The van der Waals surface area contributed by atoms with Gasteiger partial charge in [0.05, 0.1) is 12.5 Å². The van der Waals surface area contributed by atoms with Gasteiger partial charge < -0.3 is 29.7 Å². The highest BCUT2D eigenvalue weighted by atomic mass is 16.6. The molecule has 0 aromatic heterocycles. The van der Waals surface area contributed by atoms with Crippen LogP contribution in [0.4, 0.5) is 0 Å². The second-order valence-corrected chi connectivity index (χ2v) is 7.64. The van der Waals surface area contributed by atoms with E-state index in [1.165, 1.54) is 25.7 Å². The van der Waals surface area contributed by atoms with Crippen LogP contribution in [-0.2, 0) is 14.2 Å². The molecule has 7 heteroatoms. The van der Waals surface area contributed by atoms with E-state index in [9.17, 15) is 10.2 Å². The van der Waals surface area contributed by atoms with E-state index >= 15 is 0 Å². The molecule has 0 amide bonds. The molecule has 4 aliphatic heterocycles. The van der Waals surface area contributed by atoms with Crippen LogP contribution in [0.2, 0.25) is 0 Å². The molecule has 0 aromatic rings. The molecule has 7 atom stereocenters. The van der Waals surface area contributed by atoms with Gasteiger partial charge in [-0.05, 0) is 37.0 Å². The number of aliphatic hydroxyl groups is 2. The highest BCUT2D eigenvalue weighted by Gasteiger charge is 2.46.